The molecule has 1 aromatic carbocycles. The van der Waals surface area contributed by atoms with E-state index < -0.39 is 15.9 Å². The molecule has 1 aliphatic carbocycles. The van der Waals surface area contributed by atoms with Gasteiger partial charge < -0.3 is 14.5 Å². The minimum Gasteiger partial charge on any atom is -0.492 e. The van der Waals surface area contributed by atoms with Crippen molar-refractivity contribution in [1.29, 1.82) is 0 Å². The van der Waals surface area contributed by atoms with E-state index in [1.54, 1.807) is 33.8 Å². The highest BCUT2D eigenvalue weighted by molar-refractivity contribution is 7.89. The van der Waals surface area contributed by atoms with Gasteiger partial charge in [0.1, 0.15) is 16.4 Å². The van der Waals surface area contributed by atoms with Gasteiger partial charge in [0.25, 0.3) is 5.91 Å². The SMILES string of the molecule is CCOc1ccc(NC(=O)c2oc3c(c2C)C(=O)CC(C)(C)C3)cc1S(=O)(=O)N(CC)CC. The lowest BCUT2D eigenvalue weighted by Gasteiger charge is -2.27. The van der Waals surface area contributed by atoms with Crippen molar-refractivity contribution in [3.8, 4) is 5.75 Å². The molecule has 0 aliphatic heterocycles. The molecule has 1 N–H and O–H groups in total. The number of fused-ring (bicyclic) bond motifs is 1. The topological polar surface area (TPSA) is 106 Å². The summed E-state index contributed by atoms with van der Waals surface area (Å²) in [5.74, 6) is 0.237. The van der Waals surface area contributed by atoms with Gasteiger partial charge in [-0.3, -0.25) is 9.59 Å². The zero-order valence-corrected chi connectivity index (χ0v) is 20.9. The van der Waals surface area contributed by atoms with Crippen LogP contribution in [0.3, 0.4) is 0 Å². The molecule has 0 unspecified atom stereocenters. The van der Waals surface area contributed by atoms with Crippen molar-refractivity contribution >= 4 is 27.4 Å². The summed E-state index contributed by atoms with van der Waals surface area (Å²) in [6.45, 7) is 11.9. The van der Waals surface area contributed by atoms with E-state index in [1.807, 2.05) is 13.8 Å². The van der Waals surface area contributed by atoms with Crippen molar-refractivity contribution in [2.45, 2.75) is 59.3 Å². The molecule has 0 saturated heterocycles. The molecule has 1 aromatic heterocycles. The normalized spacial score (nSPS) is 15.4. The van der Waals surface area contributed by atoms with Crippen molar-refractivity contribution in [3.63, 3.8) is 0 Å². The fourth-order valence-electron chi connectivity index (χ4n) is 4.25. The number of carbonyl (C=O) groups excluding carboxylic acids is 2. The molecule has 0 fully saturated rings. The quantitative estimate of drug-likeness (QED) is 0.604. The van der Waals surface area contributed by atoms with Gasteiger partial charge in [0, 0.05) is 37.2 Å². The number of hydrogen-bond donors (Lipinski definition) is 1. The summed E-state index contributed by atoms with van der Waals surface area (Å²) in [5.41, 5.74) is 1.04. The number of sulfonamides is 1. The fraction of sp³-hybridized carbons (Fsp3) is 0.500. The van der Waals surface area contributed by atoms with Crippen molar-refractivity contribution in [2.75, 3.05) is 25.0 Å². The Balaban J connectivity index is 1.97. The van der Waals surface area contributed by atoms with Crippen molar-refractivity contribution in [2.24, 2.45) is 5.41 Å². The van der Waals surface area contributed by atoms with Crippen LogP contribution in [0.4, 0.5) is 5.69 Å². The van der Waals surface area contributed by atoms with Crippen molar-refractivity contribution < 1.29 is 27.2 Å². The highest BCUT2D eigenvalue weighted by Crippen LogP contribution is 2.38. The lowest BCUT2D eigenvalue weighted by atomic mass is 9.76. The monoisotopic (exact) mass is 476 g/mol. The third-order valence-corrected chi connectivity index (χ3v) is 7.88. The second kappa shape index (κ2) is 9.30. The smallest absolute Gasteiger partial charge is 0.291 e. The molecule has 1 aliphatic rings. The lowest BCUT2D eigenvalue weighted by Crippen LogP contribution is -2.31. The van der Waals surface area contributed by atoms with Crippen LogP contribution in [0.2, 0.25) is 0 Å². The maximum atomic E-state index is 13.2. The first kappa shape index (κ1) is 25.0. The minimum atomic E-state index is -3.82. The number of hydrogen-bond acceptors (Lipinski definition) is 6. The van der Waals surface area contributed by atoms with Gasteiger partial charge in [-0.2, -0.15) is 4.31 Å². The number of carbonyl (C=O) groups is 2. The largest absolute Gasteiger partial charge is 0.492 e. The summed E-state index contributed by atoms with van der Waals surface area (Å²) in [6, 6.07) is 4.50. The number of ketones is 1. The first-order chi connectivity index (χ1) is 15.4. The minimum absolute atomic E-state index is 0.0155. The van der Waals surface area contributed by atoms with Crippen LogP contribution in [0, 0.1) is 12.3 Å². The van der Waals surface area contributed by atoms with E-state index >= 15 is 0 Å². The standard InChI is InChI=1S/C24H32N2O6S/c1-7-26(8-2)33(29,30)20-12-16(10-11-18(20)31-9-3)25-23(28)22-15(4)21-17(27)13-24(5,6)14-19(21)32-22/h10-12H,7-9,13-14H2,1-6H3,(H,25,28). The van der Waals surface area contributed by atoms with Gasteiger partial charge in [0.15, 0.2) is 11.5 Å². The molecular weight excluding hydrogens is 444 g/mol. The molecule has 0 atom stereocenters. The summed E-state index contributed by atoms with van der Waals surface area (Å²) >= 11 is 0. The van der Waals surface area contributed by atoms with Crippen LogP contribution in [0.25, 0.3) is 0 Å². The summed E-state index contributed by atoms with van der Waals surface area (Å²) in [6.07, 6.45) is 0.963. The van der Waals surface area contributed by atoms with Crippen LogP contribution in [0.5, 0.6) is 5.75 Å². The number of nitrogens with one attached hydrogen (secondary N) is 1. The maximum absolute atomic E-state index is 13.2. The Bertz CT molecular complexity index is 1180. The van der Waals surface area contributed by atoms with E-state index in [-0.39, 0.29) is 33.3 Å². The summed E-state index contributed by atoms with van der Waals surface area (Å²) in [4.78, 5) is 25.6. The number of benzene rings is 1. The second-order valence-corrected chi connectivity index (χ2v) is 10.8. The average Bonchev–Trinajstić information content (AvgIpc) is 3.05. The number of amides is 1. The van der Waals surface area contributed by atoms with E-state index in [2.05, 4.69) is 5.32 Å². The number of Topliss-reactive ketones (excluding diaryl/α,β-unsaturated/α-hetero) is 1. The van der Waals surface area contributed by atoms with Gasteiger partial charge in [0.05, 0.1) is 12.2 Å². The Hall–Kier alpha value is -2.65. The van der Waals surface area contributed by atoms with Gasteiger partial charge in [-0.15, -0.1) is 0 Å². The number of rotatable bonds is 8. The molecule has 1 amide bonds. The third-order valence-electron chi connectivity index (χ3n) is 5.81. The maximum Gasteiger partial charge on any atom is 0.291 e. The molecule has 8 nitrogen and oxygen atoms in total. The highest BCUT2D eigenvalue weighted by atomic mass is 32.2. The summed E-state index contributed by atoms with van der Waals surface area (Å²) in [5, 5.41) is 2.72. The number of anilines is 1. The molecule has 9 heteroatoms. The van der Waals surface area contributed by atoms with Crippen LogP contribution in [-0.4, -0.2) is 44.1 Å². The van der Waals surface area contributed by atoms with Gasteiger partial charge >= 0.3 is 0 Å². The lowest BCUT2D eigenvalue weighted by molar-refractivity contribution is 0.0898. The molecule has 3 rings (SSSR count). The van der Waals surface area contributed by atoms with Crippen molar-refractivity contribution in [3.05, 3.63) is 40.8 Å². The zero-order valence-electron chi connectivity index (χ0n) is 20.1. The Morgan fingerprint density at radius 3 is 2.45 bits per heavy atom. The highest BCUT2D eigenvalue weighted by Gasteiger charge is 2.37. The van der Waals surface area contributed by atoms with Gasteiger partial charge in [0.2, 0.25) is 10.0 Å². The van der Waals surface area contributed by atoms with E-state index in [9.17, 15) is 18.0 Å². The Morgan fingerprint density at radius 1 is 1.18 bits per heavy atom. The third kappa shape index (κ3) is 4.84. The van der Waals surface area contributed by atoms with Crippen LogP contribution in [0.15, 0.2) is 27.5 Å². The predicted octanol–water partition coefficient (Wildman–Crippen LogP) is 4.42. The first-order valence-corrected chi connectivity index (χ1v) is 12.6. The molecular formula is C24H32N2O6S. The fourth-order valence-corrected chi connectivity index (χ4v) is 5.87. The van der Waals surface area contributed by atoms with Crippen LogP contribution in [-0.2, 0) is 16.4 Å². The van der Waals surface area contributed by atoms with Crippen LogP contribution in [0.1, 0.15) is 73.3 Å². The van der Waals surface area contributed by atoms with Crippen LogP contribution < -0.4 is 10.1 Å². The summed E-state index contributed by atoms with van der Waals surface area (Å²) in [7, 11) is -3.82. The molecule has 1 heterocycles. The molecule has 2 aromatic rings. The molecule has 180 valence electrons. The molecule has 0 bridgehead atoms. The van der Waals surface area contributed by atoms with E-state index in [4.69, 9.17) is 9.15 Å². The number of nitrogens with zero attached hydrogens (tertiary/aromatic N) is 1. The van der Waals surface area contributed by atoms with Gasteiger partial charge in [-0.25, -0.2) is 8.42 Å². The first-order valence-electron chi connectivity index (χ1n) is 11.2. The Morgan fingerprint density at radius 2 is 1.85 bits per heavy atom. The predicted molar refractivity (Wildman–Crippen MR) is 126 cm³/mol. The molecule has 0 saturated carbocycles. The number of furan rings is 1. The van der Waals surface area contributed by atoms with Gasteiger partial charge in [-0.05, 0) is 37.5 Å². The van der Waals surface area contributed by atoms with Crippen LogP contribution >= 0.6 is 0 Å². The molecule has 0 radical (unpaired) electrons. The summed E-state index contributed by atoms with van der Waals surface area (Å²) < 4.78 is 39.0. The Labute approximate surface area is 195 Å². The van der Waals surface area contributed by atoms with E-state index in [0.29, 0.717) is 49.4 Å². The zero-order chi connectivity index (χ0) is 24.6. The van der Waals surface area contributed by atoms with E-state index in [1.165, 1.54) is 16.4 Å². The number of ether oxygens (including phenoxy) is 1. The van der Waals surface area contributed by atoms with E-state index in [0.717, 1.165) is 0 Å². The second-order valence-electron chi connectivity index (χ2n) is 8.93. The van der Waals surface area contributed by atoms with Crippen molar-refractivity contribution in [1.82, 2.24) is 4.31 Å². The molecule has 0 spiro atoms. The van der Waals surface area contributed by atoms with Gasteiger partial charge in [-0.1, -0.05) is 27.7 Å². The molecule has 33 heavy (non-hydrogen) atoms. The average molecular weight is 477 g/mol. The Kier molecular flexibility index (Phi) is 7.04.